The molecular formula is C17H24ClN3O4. The summed E-state index contributed by atoms with van der Waals surface area (Å²) in [5.74, 6) is 0. The third-order valence-electron chi connectivity index (χ3n) is 4.07. The number of ether oxygens (including phenoxy) is 1. The van der Waals surface area contributed by atoms with E-state index >= 15 is 0 Å². The zero-order chi connectivity index (χ0) is 18.8. The van der Waals surface area contributed by atoms with Crippen molar-refractivity contribution in [3.8, 4) is 0 Å². The fourth-order valence-electron chi connectivity index (χ4n) is 2.73. The minimum absolute atomic E-state index is 0.0369. The Kier molecular flexibility index (Phi) is 5.90. The molecule has 1 fully saturated rings. The number of rotatable bonds is 3. The van der Waals surface area contributed by atoms with Gasteiger partial charge in [-0.05, 0) is 39.3 Å². The van der Waals surface area contributed by atoms with Crippen LogP contribution in [-0.2, 0) is 11.3 Å². The predicted molar refractivity (Wildman–Crippen MR) is 95.9 cm³/mol. The Morgan fingerprint density at radius 3 is 2.40 bits per heavy atom. The average Bonchev–Trinajstić information content (AvgIpc) is 2.49. The lowest BCUT2D eigenvalue weighted by molar-refractivity contribution is -0.385. The fourth-order valence-corrected chi connectivity index (χ4v) is 2.96. The summed E-state index contributed by atoms with van der Waals surface area (Å²) in [6.45, 7) is 10.3. The van der Waals surface area contributed by atoms with Crippen molar-refractivity contribution in [2.45, 2.75) is 39.8 Å². The molecule has 0 unspecified atom stereocenters. The Morgan fingerprint density at radius 1 is 1.28 bits per heavy atom. The van der Waals surface area contributed by atoms with E-state index in [-0.39, 0.29) is 11.8 Å². The molecule has 0 aromatic heterocycles. The first kappa shape index (κ1) is 19.5. The van der Waals surface area contributed by atoms with E-state index in [1.807, 2.05) is 20.8 Å². The standard InChI is InChI=1S/C17H24ClN3O4/c1-12-13(9-14(18)10-15(12)21(23)24)11-19-5-7-20(8-6-19)16(22)25-17(2,3)4/h9-10H,5-8,11H2,1-4H3. The molecule has 1 saturated heterocycles. The summed E-state index contributed by atoms with van der Waals surface area (Å²) in [5, 5.41) is 11.5. The van der Waals surface area contributed by atoms with Gasteiger partial charge in [0, 0.05) is 49.4 Å². The molecule has 8 heteroatoms. The van der Waals surface area contributed by atoms with E-state index < -0.39 is 10.5 Å². The summed E-state index contributed by atoms with van der Waals surface area (Å²) in [5.41, 5.74) is 0.995. The number of amides is 1. The molecule has 0 bridgehead atoms. The number of piperazine rings is 1. The number of nitro benzene ring substituents is 1. The summed E-state index contributed by atoms with van der Waals surface area (Å²) in [7, 11) is 0. The maximum Gasteiger partial charge on any atom is 0.410 e. The average molecular weight is 370 g/mol. The quantitative estimate of drug-likeness (QED) is 0.601. The number of nitro groups is 1. The van der Waals surface area contributed by atoms with Gasteiger partial charge in [0.05, 0.1) is 4.92 Å². The molecule has 0 aliphatic carbocycles. The highest BCUT2D eigenvalue weighted by atomic mass is 35.5. The number of benzene rings is 1. The van der Waals surface area contributed by atoms with Crippen molar-refractivity contribution in [1.29, 1.82) is 0 Å². The summed E-state index contributed by atoms with van der Waals surface area (Å²) in [6.07, 6.45) is -0.304. The van der Waals surface area contributed by atoms with Crippen LogP contribution in [0.2, 0.25) is 5.02 Å². The second kappa shape index (κ2) is 7.58. The SMILES string of the molecule is Cc1c(CN2CCN(C(=O)OC(C)(C)C)CC2)cc(Cl)cc1[N+](=O)[O-]. The molecule has 0 saturated carbocycles. The summed E-state index contributed by atoms with van der Waals surface area (Å²) >= 11 is 6.02. The van der Waals surface area contributed by atoms with Gasteiger partial charge < -0.3 is 9.64 Å². The Bertz CT molecular complexity index is 665. The van der Waals surface area contributed by atoms with Crippen molar-refractivity contribution in [2.75, 3.05) is 26.2 Å². The highest BCUT2D eigenvalue weighted by molar-refractivity contribution is 6.30. The van der Waals surface area contributed by atoms with E-state index in [0.29, 0.717) is 43.3 Å². The summed E-state index contributed by atoms with van der Waals surface area (Å²) in [4.78, 5) is 26.6. The van der Waals surface area contributed by atoms with E-state index in [0.717, 1.165) is 5.56 Å². The molecule has 0 spiro atoms. The number of hydrogen-bond acceptors (Lipinski definition) is 5. The lowest BCUT2D eigenvalue weighted by Crippen LogP contribution is -2.49. The molecule has 1 aromatic carbocycles. The lowest BCUT2D eigenvalue weighted by atomic mass is 10.1. The van der Waals surface area contributed by atoms with Crippen molar-refractivity contribution in [2.24, 2.45) is 0 Å². The van der Waals surface area contributed by atoms with Crippen molar-refractivity contribution >= 4 is 23.4 Å². The Labute approximate surface area is 152 Å². The Morgan fingerprint density at radius 2 is 1.88 bits per heavy atom. The third-order valence-corrected chi connectivity index (χ3v) is 4.29. The van der Waals surface area contributed by atoms with Crippen LogP contribution in [0.25, 0.3) is 0 Å². The van der Waals surface area contributed by atoms with E-state index in [1.165, 1.54) is 6.07 Å². The van der Waals surface area contributed by atoms with Crippen LogP contribution in [0.15, 0.2) is 12.1 Å². The third kappa shape index (κ3) is 5.31. The number of halogens is 1. The van der Waals surface area contributed by atoms with Crippen LogP contribution in [0, 0.1) is 17.0 Å². The van der Waals surface area contributed by atoms with Gasteiger partial charge in [0.25, 0.3) is 5.69 Å². The molecule has 138 valence electrons. The molecule has 25 heavy (non-hydrogen) atoms. The van der Waals surface area contributed by atoms with Gasteiger partial charge >= 0.3 is 6.09 Å². The monoisotopic (exact) mass is 369 g/mol. The molecule has 2 rings (SSSR count). The molecule has 1 aliphatic rings. The van der Waals surface area contributed by atoms with Crippen molar-refractivity contribution in [1.82, 2.24) is 9.80 Å². The van der Waals surface area contributed by atoms with Crippen LogP contribution >= 0.6 is 11.6 Å². The van der Waals surface area contributed by atoms with Gasteiger partial charge in [-0.2, -0.15) is 0 Å². The maximum absolute atomic E-state index is 12.1. The zero-order valence-corrected chi connectivity index (χ0v) is 15.8. The van der Waals surface area contributed by atoms with E-state index in [9.17, 15) is 14.9 Å². The molecule has 1 aromatic rings. The minimum Gasteiger partial charge on any atom is -0.444 e. The number of hydrogen-bond donors (Lipinski definition) is 0. The van der Waals surface area contributed by atoms with Crippen LogP contribution < -0.4 is 0 Å². The Hall–Kier alpha value is -1.86. The molecule has 0 radical (unpaired) electrons. The minimum atomic E-state index is -0.509. The summed E-state index contributed by atoms with van der Waals surface area (Å²) < 4.78 is 5.38. The number of carbonyl (C=O) groups is 1. The van der Waals surface area contributed by atoms with Gasteiger partial charge in [0.2, 0.25) is 0 Å². The zero-order valence-electron chi connectivity index (χ0n) is 15.0. The topological polar surface area (TPSA) is 75.9 Å². The first-order chi connectivity index (χ1) is 11.6. The first-order valence-corrected chi connectivity index (χ1v) is 8.58. The molecule has 0 N–H and O–H groups in total. The normalized spacial score (nSPS) is 16.0. The molecule has 1 heterocycles. The van der Waals surface area contributed by atoms with Crippen molar-refractivity contribution < 1.29 is 14.5 Å². The van der Waals surface area contributed by atoms with Crippen LogP contribution in [0.4, 0.5) is 10.5 Å². The van der Waals surface area contributed by atoms with Gasteiger partial charge in [-0.1, -0.05) is 11.6 Å². The fraction of sp³-hybridized carbons (Fsp3) is 0.588. The molecule has 0 atom stereocenters. The highest BCUT2D eigenvalue weighted by Crippen LogP contribution is 2.27. The Balaban J connectivity index is 1.99. The molecule has 1 amide bonds. The van der Waals surface area contributed by atoms with Crippen molar-refractivity contribution in [3.63, 3.8) is 0 Å². The van der Waals surface area contributed by atoms with Gasteiger partial charge in [-0.25, -0.2) is 4.79 Å². The van der Waals surface area contributed by atoms with Gasteiger partial charge in [0.1, 0.15) is 5.60 Å². The van der Waals surface area contributed by atoms with Crippen LogP contribution in [0.3, 0.4) is 0 Å². The second-order valence-corrected chi connectivity index (χ2v) is 7.65. The summed E-state index contributed by atoms with van der Waals surface area (Å²) in [6, 6.07) is 3.14. The predicted octanol–water partition coefficient (Wildman–Crippen LogP) is 3.61. The smallest absolute Gasteiger partial charge is 0.410 e. The molecule has 1 aliphatic heterocycles. The maximum atomic E-state index is 12.1. The van der Waals surface area contributed by atoms with E-state index in [4.69, 9.17) is 16.3 Å². The number of carbonyl (C=O) groups excluding carboxylic acids is 1. The number of nitrogens with zero attached hydrogens (tertiary/aromatic N) is 3. The van der Waals surface area contributed by atoms with Gasteiger partial charge in [-0.3, -0.25) is 15.0 Å². The lowest BCUT2D eigenvalue weighted by Gasteiger charge is -2.35. The van der Waals surface area contributed by atoms with Crippen molar-refractivity contribution in [3.05, 3.63) is 38.4 Å². The molecule has 7 nitrogen and oxygen atoms in total. The highest BCUT2D eigenvalue weighted by Gasteiger charge is 2.26. The van der Waals surface area contributed by atoms with Crippen LogP contribution in [-0.4, -0.2) is 52.6 Å². The second-order valence-electron chi connectivity index (χ2n) is 7.21. The van der Waals surface area contributed by atoms with Crippen LogP contribution in [0.1, 0.15) is 31.9 Å². The molecular weight excluding hydrogens is 346 g/mol. The van der Waals surface area contributed by atoms with Gasteiger partial charge in [0.15, 0.2) is 0 Å². The van der Waals surface area contributed by atoms with E-state index in [2.05, 4.69) is 4.90 Å². The van der Waals surface area contributed by atoms with E-state index in [1.54, 1.807) is 17.9 Å². The van der Waals surface area contributed by atoms with Crippen LogP contribution in [0.5, 0.6) is 0 Å². The largest absolute Gasteiger partial charge is 0.444 e. The van der Waals surface area contributed by atoms with Gasteiger partial charge in [-0.15, -0.1) is 0 Å². The first-order valence-electron chi connectivity index (χ1n) is 8.20.